The molecule has 0 aliphatic carbocycles. The summed E-state index contributed by atoms with van der Waals surface area (Å²) in [5, 5.41) is 2.85. The van der Waals surface area contributed by atoms with Crippen LogP contribution < -0.4 is 0 Å². The van der Waals surface area contributed by atoms with Gasteiger partial charge in [-0.3, -0.25) is 4.98 Å². The van der Waals surface area contributed by atoms with E-state index in [2.05, 4.69) is 46.8 Å². The summed E-state index contributed by atoms with van der Waals surface area (Å²) < 4.78 is 0. The van der Waals surface area contributed by atoms with Crippen molar-refractivity contribution in [2.24, 2.45) is 0 Å². The van der Waals surface area contributed by atoms with E-state index in [9.17, 15) is 0 Å². The predicted octanol–water partition coefficient (Wildman–Crippen LogP) is 4.62. The van der Waals surface area contributed by atoms with E-state index in [0.717, 1.165) is 27.8 Å². The molecule has 19 heavy (non-hydrogen) atoms. The molecule has 3 nitrogen and oxygen atoms in total. The van der Waals surface area contributed by atoms with Gasteiger partial charge in [-0.1, -0.05) is 49.5 Å². The summed E-state index contributed by atoms with van der Waals surface area (Å²) in [5.41, 5.74) is 4.07. The quantitative estimate of drug-likeness (QED) is 0.465. The first-order valence-electron chi connectivity index (χ1n) is 5.59. The fourth-order valence-electron chi connectivity index (χ4n) is 1.97. The van der Waals surface area contributed by atoms with E-state index >= 15 is 0 Å². The van der Waals surface area contributed by atoms with E-state index in [1.54, 1.807) is 6.20 Å². The summed E-state index contributed by atoms with van der Waals surface area (Å²) in [6.07, 6.45) is 1.73. The highest BCUT2D eigenvalue weighted by Crippen LogP contribution is 2.30. The van der Waals surface area contributed by atoms with Crippen LogP contribution in [0.5, 0.6) is 0 Å². The third-order valence-electron chi connectivity index (χ3n) is 2.88. The monoisotopic (exact) mass is 399 g/mol. The van der Waals surface area contributed by atoms with Crippen molar-refractivity contribution in [3.05, 3.63) is 40.8 Å². The predicted molar refractivity (Wildman–Crippen MR) is 85.1 cm³/mol. The van der Waals surface area contributed by atoms with Gasteiger partial charge in [-0.25, -0.2) is 9.97 Å². The van der Waals surface area contributed by atoms with Crippen LogP contribution in [-0.4, -0.2) is 15.0 Å². The molecule has 0 fully saturated rings. The van der Waals surface area contributed by atoms with Crippen LogP contribution in [0.2, 0.25) is 5.02 Å². The van der Waals surface area contributed by atoms with E-state index in [0.29, 0.717) is 21.2 Å². The van der Waals surface area contributed by atoms with Crippen molar-refractivity contribution in [3.63, 3.8) is 0 Å². The molecule has 0 atom stereocenters. The van der Waals surface area contributed by atoms with Crippen LogP contribution in [0.25, 0.3) is 21.9 Å². The number of alkyl halides is 2. The fourth-order valence-corrected chi connectivity index (χ4v) is 3.17. The molecule has 0 bridgehead atoms. The number of rotatable bonds is 2. The van der Waals surface area contributed by atoms with Gasteiger partial charge in [0.25, 0.3) is 0 Å². The Kier molecular flexibility index (Phi) is 3.69. The standard InChI is InChI=1S/C13H8Br2ClN3/c14-5-9-10(6-15)19-13-8(18-9)4-7-2-1-3-17-12(7)11(13)16/h1-4H,5-6H2. The lowest BCUT2D eigenvalue weighted by Gasteiger charge is -2.08. The topological polar surface area (TPSA) is 38.7 Å². The van der Waals surface area contributed by atoms with Gasteiger partial charge in [0, 0.05) is 22.2 Å². The number of fused-ring (bicyclic) bond motifs is 2. The zero-order valence-corrected chi connectivity index (χ0v) is 13.6. The van der Waals surface area contributed by atoms with E-state index in [1.165, 1.54) is 0 Å². The van der Waals surface area contributed by atoms with Gasteiger partial charge in [0.1, 0.15) is 5.52 Å². The Morgan fingerprint density at radius 3 is 2.53 bits per heavy atom. The molecule has 0 saturated carbocycles. The Bertz CT molecular complexity index is 777. The minimum absolute atomic E-state index is 0.559. The second-order valence-corrected chi connectivity index (χ2v) is 5.52. The molecule has 96 valence electrons. The molecule has 0 amide bonds. The molecule has 0 spiro atoms. The molecule has 3 rings (SSSR count). The highest BCUT2D eigenvalue weighted by atomic mass is 79.9. The van der Waals surface area contributed by atoms with Gasteiger partial charge in [-0.15, -0.1) is 0 Å². The zero-order chi connectivity index (χ0) is 13.4. The van der Waals surface area contributed by atoms with Crippen molar-refractivity contribution in [2.75, 3.05) is 0 Å². The minimum Gasteiger partial charge on any atom is -0.255 e. The first kappa shape index (κ1) is 13.2. The van der Waals surface area contributed by atoms with Gasteiger partial charge in [-0.2, -0.15) is 0 Å². The van der Waals surface area contributed by atoms with Gasteiger partial charge in [0.15, 0.2) is 0 Å². The van der Waals surface area contributed by atoms with Gasteiger partial charge in [0.05, 0.1) is 27.4 Å². The van der Waals surface area contributed by atoms with Crippen molar-refractivity contribution < 1.29 is 0 Å². The third-order valence-corrected chi connectivity index (χ3v) is 4.30. The Morgan fingerprint density at radius 2 is 1.79 bits per heavy atom. The van der Waals surface area contributed by atoms with Gasteiger partial charge >= 0.3 is 0 Å². The number of hydrogen-bond acceptors (Lipinski definition) is 3. The Hall–Kier alpha value is -0.780. The van der Waals surface area contributed by atoms with Crippen LogP contribution in [0.15, 0.2) is 24.4 Å². The highest BCUT2D eigenvalue weighted by Gasteiger charge is 2.12. The largest absolute Gasteiger partial charge is 0.255 e. The lowest BCUT2D eigenvalue weighted by atomic mass is 10.2. The normalized spacial score (nSPS) is 11.3. The number of benzene rings is 1. The smallest absolute Gasteiger partial charge is 0.110 e. The van der Waals surface area contributed by atoms with Crippen molar-refractivity contribution in [1.82, 2.24) is 15.0 Å². The molecule has 2 heterocycles. The molecule has 0 N–H and O–H groups in total. The molecular weight excluding hydrogens is 393 g/mol. The first-order valence-corrected chi connectivity index (χ1v) is 8.21. The maximum atomic E-state index is 6.41. The maximum Gasteiger partial charge on any atom is 0.110 e. The van der Waals surface area contributed by atoms with E-state index in [4.69, 9.17) is 11.6 Å². The van der Waals surface area contributed by atoms with Crippen molar-refractivity contribution in [1.29, 1.82) is 0 Å². The van der Waals surface area contributed by atoms with Gasteiger partial charge < -0.3 is 0 Å². The van der Waals surface area contributed by atoms with Crippen LogP contribution in [-0.2, 0) is 10.7 Å². The number of aromatic nitrogens is 3. The lowest BCUT2D eigenvalue weighted by molar-refractivity contribution is 1.08. The minimum atomic E-state index is 0.559. The second kappa shape index (κ2) is 5.31. The van der Waals surface area contributed by atoms with Crippen LogP contribution >= 0.6 is 43.5 Å². The van der Waals surface area contributed by atoms with Crippen LogP contribution in [0, 0.1) is 0 Å². The highest BCUT2D eigenvalue weighted by molar-refractivity contribution is 9.09. The van der Waals surface area contributed by atoms with Crippen LogP contribution in [0.3, 0.4) is 0 Å². The molecular formula is C13H8Br2ClN3. The molecule has 0 unspecified atom stereocenters. The van der Waals surface area contributed by atoms with Crippen molar-refractivity contribution >= 4 is 65.4 Å². The van der Waals surface area contributed by atoms with Gasteiger partial charge in [-0.05, 0) is 12.1 Å². The van der Waals surface area contributed by atoms with E-state index < -0.39 is 0 Å². The fraction of sp³-hybridized carbons (Fsp3) is 0.154. The lowest BCUT2D eigenvalue weighted by Crippen LogP contribution is -1.99. The average molecular weight is 401 g/mol. The molecule has 1 aromatic carbocycles. The van der Waals surface area contributed by atoms with Crippen LogP contribution in [0.4, 0.5) is 0 Å². The molecule has 0 radical (unpaired) electrons. The Labute approximate surface area is 131 Å². The molecule has 2 aromatic heterocycles. The molecule has 6 heteroatoms. The van der Waals surface area contributed by atoms with E-state index in [-0.39, 0.29) is 0 Å². The molecule has 0 aliphatic rings. The second-order valence-electron chi connectivity index (χ2n) is 4.02. The summed E-state index contributed by atoms with van der Waals surface area (Å²) in [6, 6.07) is 5.83. The summed E-state index contributed by atoms with van der Waals surface area (Å²) in [4.78, 5) is 13.5. The molecule has 0 saturated heterocycles. The Morgan fingerprint density at radius 1 is 1.05 bits per heavy atom. The first-order chi connectivity index (χ1) is 9.24. The Balaban J connectivity index is 2.44. The molecule has 0 aliphatic heterocycles. The number of hydrogen-bond donors (Lipinski definition) is 0. The number of pyridine rings is 1. The summed E-state index contributed by atoms with van der Waals surface area (Å²) in [7, 11) is 0. The van der Waals surface area contributed by atoms with Gasteiger partial charge in [0.2, 0.25) is 0 Å². The van der Waals surface area contributed by atoms with Crippen LogP contribution in [0.1, 0.15) is 11.4 Å². The SMILES string of the molecule is Clc1c2ncccc2cc2nc(CBr)c(CBr)nc12. The summed E-state index contributed by atoms with van der Waals surface area (Å²) in [5.74, 6) is 0. The zero-order valence-electron chi connectivity index (χ0n) is 9.70. The average Bonchev–Trinajstić information content (AvgIpc) is 2.46. The summed E-state index contributed by atoms with van der Waals surface area (Å²) >= 11 is 13.3. The maximum absolute atomic E-state index is 6.41. The van der Waals surface area contributed by atoms with Crippen molar-refractivity contribution in [3.8, 4) is 0 Å². The third kappa shape index (κ3) is 2.24. The number of halogens is 3. The summed E-state index contributed by atoms with van der Waals surface area (Å²) in [6.45, 7) is 0. The van der Waals surface area contributed by atoms with E-state index in [1.807, 2.05) is 18.2 Å². The van der Waals surface area contributed by atoms with Crippen molar-refractivity contribution in [2.45, 2.75) is 10.7 Å². The molecule has 3 aromatic rings. The number of nitrogens with zero attached hydrogens (tertiary/aromatic N) is 3.